The monoisotopic (exact) mass is 629 g/mol. The molecular weight excluding hydrogens is 586 g/mol. The van der Waals surface area contributed by atoms with E-state index in [1.54, 1.807) is 45.0 Å². The van der Waals surface area contributed by atoms with E-state index in [4.69, 9.17) is 24.4 Å². The lowest BCUT2D eigenvalue weighted by Gasteiger charge is -2.25. The van der Waals surface area contributed by atoms with Crippen LogP contribution in [-0.4, -0.2) is 77.5 Å². The third-order valence-corrected chi connectivity index (χ3v) is 6.38. The summed E-state index contributed by atoms with van der Waals surface area (Å²) in [6, 6.07) is 10.7. The molecule has 0 saturated carbocycles. The Morgan fingerprint density at radius 3 is 1.73 bits per heavy atom. The number of ether oxygens (including phenoxy) is 3. The first-order valence-corrected chi connectivity index (χ1v) is 14.6. The third-order valence-electron chi connectivity index (χ3n) is 6.38. The Bertz CT molecular complexity index is 1280. The molecular formula is C32H43N3O10. The molecule has 1 unspecified atom stereocenters. The molecule has 0 spiro atoms. The zero-order valence-electron chi connectivity index (χ0n) is 26.3. The largest absolute Gasteiger partial charge is 0.497 e. The number of alkyl carbamates (subject to hydrolysis) is 1. The Hall–Kier alpha value is -4.81. The molecule has 13 nitrogen and oxygen atoms in total. The molecule has 3 amide bonds. The van der Waals surface area contributed by atoms with Gasteiger partial charge in [0.15, 0.2) is 0 Å². The van der Waals surface area contributed by atoms with Gasteiger partial charge in [0.25, 0.3) is 6.10 Å². The highest BCUT2D eigenvalue weighted by atomic mass is 16.6. The maximum absolute atomic E-state index is 13.6. The first-order chi connectivity index (χ1) is 21.2. The molecule has 45 heavy (non-hydrogen) atoms. The number of rotatable bonds is 17. The van der Waals surface area contributed by atoms with Gasteiger partial charge in [0.1, 0.15) is 29.2 Å². The maximum Gasteiger partial charge on any atom is 0.408 e. The van der Waals surface area contributed by atoms with Crippen LogP contribution >= 0.6 is 0 Å². The molecule has 0 bridgehead atoms. The van der Waals surface area contributed by atoms with Gasteiger partial charge < -0.3 is 40.4 Å². The average molecular weight is 630 g/mol. The van der Waals surface area contributed by atoms with Gasteiger partial charge in [-0.2, -0.15) is 0 Å². The molecule has 5 N–H and O–H groups in total. The summed E-state index contributed by atoms with van der Waals surface area (Å²) in [7, 11) is 1.53. The Labute approximate surface area is 262 Å². The molecule has 2 aromatic rings. The van der Waals surface area contributed by atoms with Crippen molar-refractivity contribution in [3.63, 3.8) is 0 Å². The van der Waals surface area contributed by atoms with Crippen molar-refractivity contribution in [3.8, 4) is 11.5 Å². The van der Waals surface area contributed by atoms with Crippen LogP contribution in [0.5, 0.6) is 11.5 Å². The zero-order valence-corrected chi connectivity index (χ0v) is 26.3. The van der Waals surface area contributed by atoms with E-state index < -0.39 is 53.6 Å². The van der Waals surface area contributed by atoms with Gasteiger partial charge >= 0.3 is 18.0 Å². The van der Waals surface area contributed by atoms with E-state index in [9.17, 15) is 24.0 Å². The molecule has 246 valence electrons. The number of hydrogen-bond acceptors (Lipinski definition) is 8. The first-order valence-electron chi connectivity index (χ1n) is 14.6. The highest BCUT2D eigenvalue weighted by molar-refractivity contribution is 5.96. The van der Waals surface area contributed by atoms with E-state index in [1.165, 1.54) is 31.4 Å². The summed E-state index contributed by atoms with van der Waals surface area (Å²) in [5.41, 5.74) is 0.492. The number of benzene rings is 2. The van der Waals surface area contributed by atoms with Crippen LogP contribution in [0, 0.1) is 0 Å². The van der Waals surface area contributed by atoms with E-state index in [2.05, 4.69) is 16.0 Å². The predicted molar refractivity (Wildman–Crippen MR) is 164 cm³/mol. The van der Waals surface area contributed by atoms with Crippen molar-refractivity contribution in [3.05, 3.63) is 59.7 Å². The highest BCUT2D eigenvalue weighted by Crippen LogP contribution is 2.17. The van der Waals surface area contributed by atoms with E-state index in [0.29, 0.717) is 17.9 Å². The number of unbranched alkanes of at least 4 members (excludes halogenated alkanes) is 2. The second kappa shape index (κ2) is 17.5. The van der Waals surface area contributed by atoms with Crippen molar-refractivity contribution < 1.29 is 48.4 Å². The molecule has 13 heteroatoms. The Morgan fingerprint density at radius 1 is 0.756 bits per heavy atom. The van der Waals surface area contributed by atoms with Crippen LogP contribution in [0.2, 0.25) is 0 Å². The molecule has 0 aliphatic heterocycles. The van der Waals surface area contributed by atoms with Gasteiger partial charge in [0, 0.05) is 19.4 Å². The second-order valence-corrected chi connectivity index (χ2v) is 11.3. The highest BCUT2D eigenvalue weighted by Gasteiger charge is 2.30. The summed E-state index contributed by atoms with van der Waals surface area (Å²) in [4.78, 5) is 61.9. The fraction of sp³-hybridized carbons (Fsp3) is 0.469. The summed E-state index contributed by atoms with van der Waals surface area (Å²) >= 11 is 0. The maximum atomic E-state index is 13.6. The van der Waals surface area contributed by atoms with Crippen LogP contribution < -0.4 is 25.4 Å². The number of amides is 3. The molecule has 2 rings (SSSR count). The van der Waals surface area contributed by atoms with Crippen molar-refractivity contribution in [2.75, 3.05) is 13.7 Å². The predicted octanol–water partition coefficient (Wildman–Crippen LogP) is 3.08. The summed E-state index contributed by atoms with van der Waals surface area (Å²) in [6.45, 7) is 7.54. The van der Waals surface area contributed by atoms with Crippen molar-refractivity contribution in [2.45, 2.75) is 83.6 Å². The minimum atomic E-state index is -2.09. The Kier molecular flexibility index (Phi) is 14.1. The van der Waals surface area contributed by atoms with Crippen LogP contribution in [0.1, 0.15) is 58.1 Å². The van der Waals surface area contributed by atoms with Crippen molar-refractivity contribution >= 4 is 29.8 Å². The third kappa shape index (κ3) is 13.2. The number of aliphatic carboxylic acids is 2. The molecule has 0 radical (unpaired) electrons. The van der Waals surface area contributed by atoms with Crippen molar-refractivity contribution in [1.82, 2.24) is 16.0 Å². The minimum Gasteiger partial charge on any atom is -0.497 e. The van der Waals surface area contributed by atoms with E-state index in [0.717, 1.165) is 24.8 Å². The fourth-order valence-electron chi connectivity index (χ4n) is 4.13. The average Bonchev–Trinajstić information content (AvgIpc) is 2.97. The molecule has 2 aromatic carbocycles. The first kappa shape index (κ1) is 36.4. The number of carboxylic acids is 2. The second-order valence-electron chi connectivity index (χ2n) is 11.3. The van der Waals surface area contributed by atoms with Gasteiger partial charge in [-0.1, -0.05) is 44.0 Å². The number of hydrogen-bond donors (Lipinski definition) is 5. The van der Waals surface area contributed by atoms with E-state index >= 15 is 0 Å². The standard InChI is InChI=1S/C32H43N3O10/c1-6-7-8-17-33-27(36)24(18-21-11-15-23(16-12-21)44-26(29(38)39)30(40)41)34-28(37)25(35-31(42)45-32(2,3)4)19-20-9-13-22(43-5)14-10-20/h9-16,24-26H,6-8,17-19H2,1-5H3,(H,33,36)(H,34,37)(H,35,42)(H,38,39)(H,40,41)/t24-,25?/m0/s1. The lowest BCUT2D eigenvalue weighted by atomic mass is 10.0. The SMILES string of the molecule is CCCCCNC(=O)[C@H](Cc1ccc(OC(C(=O)O)C(=O)O)cc1)NC(=O)C(Cc1ccc(OC)cc1)NC(=O)OC(C)(C)C. The smallest absolute Gasteiger partial charge is 0.408 e. The summed E-state index contributed by atoms with van der Waals surface area (Å²) in [6.07, 6.45) is -0.127. The molecule has 0 aromatic heterocycles. The van der Waals surface area contributed by atoms with E-state index in [1.807, 2.05) is 6.92 Å². The summed E-state index contributed by atoms with van der Waals surface area (Å²) in [5, 5.41) is 26.4. The van der Waals surface area contributed by atoms with Crippen molar-refractivity contribution in [1.29, 1.82) is 0 Å². The minimum absolute atomic E-state index is 0.000677. The number of methoxy groups -OCH3 is 1. The molecule has 0 aliphatic carbocycles. The lowest BCUT2D eigenvalue weighted by molar-refractivity contribution is -0.159. The van der Waals surface area contributed by atoms with Crippen LogP contribution in [0.3, 0.4) is 0 Å². The number of carboxylic acid groups (broad SMARTS) is 2. The number of carbonyl (C=O) groups excluding carboxylic acids is 3. The van der Waals surface area contributed by atoms with Gasteiger partial charge in [-0.15, -0.1) is 0 Å². The Morgan fingerprint density at radius 2 is 1.27 bits per heavy atom. The van der Waals surface area contributed by atoms with Gasteiger partial charge in [0.2, 0.25) is 11.8 Å². The van der Waals surface area contributed by atoms with Crippen LogP contribution in [0.15, 0.2) is 48.5 Å². The molecule has 0 aliphatic rings. The van der Waals surface area contributed by atoms with Gasteiger partial charge in [-0.25, -0.2) is 14.4 Å². The number of nitrogens with one attached hydrogen (secondary N) is 3. The topological polar surface area (TPSA) is 190 Å². The van der Waals surface area contributed by atoms with Crippen LogP contribution in [-0.2, 0) is 36.8 Å². The molecule has 0 saturated heterocycles. The quantitative estimate of drug-likeness (QED) is 0.128. The Balaban J connectivity index is 2.29. The summed E-state index contributed by atoms with van der Waals surface area (Å²) in [5.74, 6) is -3.73. The molecule has 0 fully saturated rings. The van der Waals surface area contributed by atoms with Crippen LogP contribution in [0.25, 0.3) is 0 Å². The summed E-state index contributed by atoms with van der Waals surface area (Å²) < 4.78 is 15.6. The fourth-order valence-corrected chi connectivity index (χ4v) is 4.13. The zero-order chi connectivity index (χ0) is 33.6. The van der Waals surface area contributed by atoms with Gasteiger partial charge in [-0.05, 0) is 62.6 Å². The van der Waals surface area contributed by atoms with Gasteiger partial charge in [0.05, 0.1) is 7.11 Å². The van der Waals surface area contributed by atoms with Crippen molar-refractivity contribution in [2.24, 2.45) is 0 Å². The van der Waals surface area contributed by atoms with E-state index in [-0.39, 0.29) is 18.6 Å². The molecule has 0 heterocycles. The number of carbonyl (C=O) groups is 5. The van der Waals surface area contributed by atoms with Crippen LogP contribution in [0.4, 0.5) is 4.79 Å². The van der Waals surface area contributed by atoms with Gasteiger partial charge in [-0.3, -0.25) is 9.59 Å². The lowest BCUT2D eigenvalue weighted by Crippen LogP contribution is -2.55. The normalized spacial score (nSPS) is 12.4. The molecule has 2 atom stereocenters.